The van der Waals surface area contributed by atoms with Gasteiger partial charge in [-0.15, -0.1) is 0 Å². The van der Waals surface area contributed by atoms with Crippen LogP contribution in [0.5, 0.6) is 0 Å². The number of halogens is 3. The van der Waals surface area contributed by atoms with Crippen LogP contribution in [0.1, 0.15) is 0 Å². The van der Waals surface area contributed by atoms with Crippen LogP contribution in [0.25, 0.3) is 0 Å². The van der Waals surface area contributed by atoms with Crippen molar-refractivity contribution in [2.75, 3.05) is 24.6 Å². The first-order valence-electron chi connectivity index (χ1n) is 6.03. The van der Waals surface area contributed by atoms with Gasteiger partial charge in [0.2, 0.25) is 0 Å². The molecule has 0 atom stereocenters. The van der Waals surface area contributed by atoms with Crippen LogP contribution in [0, 0.1) is 16.0 Å². The number of nitro benzene ring substituents is 1. The summed E-state index contributed by atoms with van der Waals surface area (Å²) in [5, 5.41) is 19.9. The van der Waals surface area contributed by atoms with Crippen LogP contribution in [0.2, 0.25) is 0 Å². The zero-order valence-electron chi connectivity index (χ0n) is 10.9. The van der Waals surface area contributed by atoms with E-state index in [1.54, 1.807) is 0 Å². The predicted octanol–water partition coefficient (Wildman–Crippen LogP) is 1.32. The Morgan fingerprint density at radius 2 is 1.95 bits per heavy atom. The van der Waals surface area contributed by atoms with E-state index >= 15 is 0 Å². The van der Waals surface area contributed by atoms with Gasteiger partial charge in [-0.3, -0.25) is 10.1 Å². The molecule has 0 spiro atoms. The molecule has 122 valence electrons. The quantitative estimate of drug-likeness (QED) is 0.655. The van der Waals surface area contributed by atoms with Crippen LogP contribution in [0.4, 0.5) is 24.5 Å². The standard InChI is InChI=1S/C11H11F3N2O5S/c12-11(13,14)22(20,21)8-1-2-9(10(3-8)16(18)19)15-4-7(5-15)6-17/h1-3,7,17H,4-6H2. The second-order valence-corrected chi connectivity index (χ2v) is 6.75. The molecule has 1 fully saturated rings. The average Bonchev–Trinajstić information content (AvgIpc) is 2.36. The maximum Gasteiger partial charge on any atom is 0.501 e. The number of benzene rings is 1. The van der Waals surface area contributed by atoms with Crippen molar-refractivity contribution in [2.24, 2.45) is 5.92 Å². The van der Waals surface area contributed by atoms with Crippen molar-refractivity contribution in [3.63, 3.8) is 0 Å². The second-order valence-electron chi connectivity index (χ2n) is 4.81. The third-order valence-electron chi connectivity index (χ3n) is 3.31. The summed E-state index contributed by atoms with van der Waals surface area (Å²) in [4.78, 5) is 10.4. The van der Waals surface area contributed by atoms with E-state index in [2.05, 4.69) is 0 Å². The lowest BCUT2D eigenvalue weighted by Crippen LogP contribution is -2.48. The smallest absolute Gasteiger partial charge is 0.396 e. The highest BCUT2D eigenvalue weighted by molar-refractivity contribution is 7.92. The van der Waals surface area contributed by atoms with E-state index in [0.717, 1.165) is 6.07 Å². The molecular weight excluding hydrogens is 329 g/mol. The van der Waals surface area contributed by atoms with Crippen LogP contribution in [0.15, 0.2) is 23.1 Å². The number of aliphatic hydroxyl groups is 1. The van der Waals surface area contributed by atoms with E-state index in [4.69, 9.17) is 5.11 Å². The maximum absolute atomic E-state index is 12.5. The minimum absolute atomic E-state index is 0.0239. The summed E-state index contributed by atoms with van der Waals surface area (Å²) in [7, 11) is -5.64. The normalized spacial score (nSPS) is 16.5. The van der Waals surface area contributed by atoms with Gasteiger partial charge >= 0.3 is 5.51 Å². The molecule has 1 aromatic rings. The van der Waals surface area contributed by atoms with Crippen molar-refractivity contribution in [1.82, 2.24) is 0 Å². The molecule has 0 radical (unpaired) electrons. The molecule has 7 nitrogen and oxygen atoms in total. The number of anilines is 1. The molecule has 22 heavy (non-hydrogen) atoms. The highest BCUT2D eigenvalue weighted by Gasteiger charge is 2.47. The van der Waals surface area contributed by atoms with E-state index in [1.165, 1.54) is 4.90 Å². The molecule has 1 N–H and O–H groups in total. The number of nitrogens with zero attached hydrogens (tertiary/aromatic N) is 2. The number of hydrogen-bond donors (Lipinski definition) is 1. The van der Waals surface area contributed by atoms with E-state index in [9.17, 15) is 31.7 Å². The lowest BCUT2D eigenvalue weighted by Gasteiger charge is -2.39. The zero-order valence-corrected chi connectivity index (χ0v) is 11.8. The number of rotatable bonds is 4. The van der Waals surface area contributed by atoms with Gasteiger partial charge in [-0.2, -0.15) is 13.2 Å². The van der Waals surface area contributed by atoms with Crippen molar-refractivity contribution in [3.8, 4) is 0 Å². The Kier molecular flexibility index (Phi) is 4.04. The van der Waals surface area contributed by atoms with Gasteiger partial charge in [-0.25, -0.2) is 8.42 Å². The number of aliphatic hydroxyl groups excluding tert-OH is 1. The summed E-state index contributed by atoms with van der Waals surface area (Å²) in [6, 6.07) is 2.08. The van der Waals surface area contributed by atoms with Crippen LogP contribution in [-0.4, -0.2) is 43.7 Å². The Balaban J connectivity index is 2.43. The van der Waals surface area contributed by atoms with Crippen molar-refractivity contribution in [2.45, 2.75) is 10.4 Å². The Morgan fingerprint density at radius 1 is 1.36 bits per heavy atom. The highest BCUT2D eigenvalue weighted by atomic mass is 32.2. The lowest BCUT2D eigenvalue weighted by atomic mass is 10.00. The Morgan fingerprint density at radius 3 is 2.41 bits per heavy atom. The molecule has 0 bridgehead atoms. The molecule has 1 heterocycles. The van der Waals surface area contributed by atoms with Crippen LogP contribution < -0.4 is 4.90 Å². The molecule has 1 aromatic carbocycles. The molecule has 11 heteroatoms. The third-order valence-corrected chi connectivity index (χ3v) is 4.80. The van der Waals surface area contributed by atoms with Crippen LogP contribution in [0.3, 0.4) is 0 Å². The topological polar surface area (TPSA) is 101 Å². The Hall–Kier alpha value is -1.88. The van der Waals surface area contributed by atoms with Crippen LogP contribution in [-0.2, 0) is 9.84 Å². The Bertz CT molecular complexity index is 698. The first-order valence-corrected chi connectivity index (χ1v) is 7.52. The van der Waals surface area contributed by atoms with Gasteiger partial charge in [0.1, 0.15) is 5.69 Å². The summed E-state index contributed by atoms with van der Waals surface area (Å²) >= 11 is 0. The molecule has 1 aliphatic rings. The molecular formula is C11H11F3N2O5S. The molecule has 0 saturated carbocycles. The molecule has 1 saturated heterocycles. The number of hydrogen-bond acceptors (Lipinski definition) is 6. The molecule has 0 aromatic heterocycles. The minimum atomic E-state index is -5.64. The first-order chi connectivity index (χ1) is 10.1. The van der Waals surface area contributed by atoms with Gasteiger partial charge in [0.25, 0.3) is 15.5 Å². The van der Waals surface area contributed by atoms with Crippen molar-refractivity contribution in [1.29, 1.82) is 0 Å². The maximum atomic E-state index is 12.5. The van der Waals surface area contributed by atoms with E-state index in [0.29, 0.717) is 25.2 Å². The summed E-state index contributed by atoms with van der Waals surface area (Å²) < 4.78 is 60.1. The molecule has 1 aliphatic heterocycles. The van der Waals surface area contributed by atoms with Crippen molar-refractivity contribution >= 4 is 21.2 Å². The second kappa shape index (κ2) is 5.39. The van der Waals surface area contributed by atoms with E-state index in [1.807, 2.05) is 0 Å². The van der Waals surface area contributed by atoms with Crippen molar-refractivity contribution in [3.05, 3.63) is 28.3 Å². The fourth-order valence-corrected chi connectivity index (χ4v) is 2.88. The molecule has 0 amide bonds. The summed E-state index contributed by atoms with van der Waals surface area (Å²) in [5.74, 6) is -0.0711. The summed E-state index contributed by atoms with van der Waals surface area (Å²) in [6.45, 7) is 0.510. The fourth-order valence-electron chi connectivity index (χ4n) is 2.10. The van der Waals surface area contributed by atoms with Gasteiger partial charge < -0.3 is 10.0 Å². The molecule has 0 aliphatic carbocycles. The number of alkyl halides is 3. The van der Waals surface area contributed by atoms with Gasteiger partial charge in [-0.1, -0.05) is 0 Å². The third kappa shape index (κ3) is 2.73. The fraction of sp³-hybridized carbons (Fsp3) is 0.455. The lowest BCUT2D eigenvalue weighted by molar-refractivity contribution is -0.384. The summed E-state index contributed by atoms with van der Waals surface area (Å²) in [5.41, 5.74) is -6.22. The van der Waals surface area contributed by atoms with E-state index < -0.39 is 30.9 Å². The number of nitro groups is 1. The predicted molar refractivity (Wildman–Crippen MR) is 69.1 cm³/mol. The average molecular weight is 340 g/mol. The van der Waals surface area contributed by atoms with E-state index in [-0.39, 0.29) is 18.2 Å². The first kappa shape index (κ1) is 16.5. The number of sulfone groups is 1. The summed E-state index contributed by atoms with van der Waals surface area (Å²) in [6.07, 6.45) is 0. The van der Waals surface area contributed by atoms with Gasteiger partial charge in [0, 0.05) is 31.7 Å². The van der Waals surface area contributed by atoms with Crippen molar-refractivity contribution < 1.29 is 31.6 Å². The van der Waals surface area contributed by atoms with Crippen LogP contribution >= 0.6 is 0 Å². The molecule has 2 rings (SSSR count). The molecule has 0 unspecified atom stereocenters. The minimum Gasteiger partial charge on any atom is -0.396 e. The highest BCUT2D eigenvalue weighted by Crippen LogP contribution is 2.38. The monoisotopic (exact) mass is 340 g/mol. The van der Waals surface area contributed by atoms with Gasteiger partial charge in [0.05, 0.1) is 9.82 Å². The zero-order chi connectivity index (χ0) is 16.7. The van der Waals surface area contributed by atoms with Gasteiger partial charge in [-0.05, 0) is 12.1 Å². The SMILES string of the molecule is O=[N+]([O-])c1cc(S(=O)(=O)C(F)(F)F)ccc1N1CC(CO)C1. The van der Waals surface area contributed by atoms with Gasteiger partial charge in [0.15, 0.2) is 0 Å². The Labute approximate surface area is 123 Å². The largest absolute Gasteiger partial charge is 0.501 e.